The van der Waals surface area contributed by atoms with E-state index < -0.39 is 0 Å². The van der Waals surface area contributed by atoms with Gasteiger partial charge in [-0.05, 0) is 6.92 Å². The van der Waals surface area contributed by atoms with Crippen molar-refractivity contribution in [2.45, 2.75) is 6.92 Å². The number of hydrogen-bond acceptors (Lipinski definition) is 3. The van der Waals surface area contributed by atoms with E-state index in [1.54, 1.807) is 12.4 Å². The SMILES string of the molecule is C=CCN=c1nc2nc[nH]c2c(C)n1C. The highest BCUT2D eigenvalue weighted by Crippen LogP contribution is 2.07. The lowest BCUT2D eigenvalue weighted by Crippen LogP contribution is -2.24. The zero-order valence-corrected chi connectivity index (χ0v) is 8.86. The van der Waals surface area contributed by atoms with E-state index in [0.29, 0.717) is 17.8 Å². The topological polar surface area (TPSA) is 58.9 Å². The molecule has 5 nitrogen and oxygen atoms in total. The molecule has 0 saturated heterocycles. The molecule has 15 heavy (non-hydrogen) atoms. The summed E-state index contributed by atoms with van der Waals surface area (Å²) in [7, 11) is 1.94. The van der Waals surface area contributed by atoms with Crippen LogP contribution in [0.25, 0.3) is 11.2 Å². The second kappa shape index (κ2) is 3.68. The molecule has 1 N–H and O–H groups in total. The van der Waals surface area contributed by atoms with Gasteiger partial charge < -0.3 is 9.55 Å². The third-order valence-electron chi connectivity index (χ3n) is 2.35. The predicted octanol–water partition coefficient (Wildman–Crippen LogP) is 0.692. The minimum Gasteiger partial charge on any atom is -0.342 e. The number of aromatic amines is 1. The maximum absolute atomic E-state index is 4.34. The van der Waals surface area contributed by atoms with Crippen molar-refractivity contribution in [3.63, 3.8) is 0 Å². The summed E-state index contributed by atoms with van der Waals surface area (Å²) in [6.45, 7) is 6.20. The quantitative estimate of drug-likeness (QED) is 0.730. The number of aryl methyl sites for hydroxylation is 1. The Morgan fingerprint density at radius 3 is 3.20 bits per heavy atom. The monoisotopic (exact) mass is 203 g/mol. The molecule has 0 aliphatic rings. The maximum Gasteiger partial charge on any atom is 0.227 e. The van der Waals surface area contributed by atoms with E-state index in [0.717, 1.165) is 11.2 Å². The van der Waals surface area contributed by atoms with Gasteiger partial charge in [0, 0.05) is 12.7 Å². The Balaban J connectivity index is 2.75. The predicted molar refractivity (Wildman–Crippen MR) is 58.2 cm³/mol. The van der Waals surface area contributed by atoms with Crippen LogP contribution in [0.2, 0.25) is 0 Å². The van der Waals surface area contributed by atoms with E-state index in [2.05, 4.69) is 26.5 Å². The van der Waals surface area contributed by atoms with Gasteiger partial charge in [0.15, 0.2) is 5.65 Å². The van der Waals surface area contributed by atoms with Crippen LogP contribution in [0.1, 0.15) is 5.69 Å². The molecule has 0 saturated carbocycles. The molecule has 78 valence electrons. The highest BCUT2D eigenvalue weighted by molar-refractivity contribution is 5.71. The molecule has 5 heteroatoms. The molecule has 0 aromatic carbocycles. The molecule has 0 fully saturated rings. The van der Waals surface area contributed by atoms with Crippen LogP contribution in [0.15, 0.2) is 24.0 Å². The minimum atomic E-state index is 0.566. The fourth-order valence-electron chi connectivity index (χ4n) is 1.41. The van der Waals surface area contributed by atoms with Gasteiger partial charge in [-0.15, -0.1) is 6.58 Å². The van der Waals surface area contributed by atoms with Crippen LogP contribution in [0.5, 0.6) is 0 Å². The van der Waals surface area contributed by atoms with Crippen molar-refractivity contribution in [3.05, 3.63) is 30.3 Å². The summed E-state index contributed by atoms with van der Waals surface area (Å²) < 4.78 is 1.93. The number of H-pyrrole nitrogens is 1. The third kappa shape index (κ3) is 1.56. The van der Waals surface area contributed by atoms with Crippen LogP contribution in [-0.2, 0) is 7.05 Å². The van der Waals surface area contributed by atoms with Gasteiger partial charge in [-0.25, -0.2) is 9.98 Å². The molecular weight excluding hydrogens is 190 g/mol. The molecule has 2 heterocycles. The average Bonchev–Trinajstić information content (AvgIpc) is 2.69. The Kier molecular flexibility index (Phi) is 2.37. The molecule has 2 rings (SSSR count). The van der Waals surface area contributed by atoms with Gasteiger partial charge in [-0.1, -0.05) is 6.08 Å². The standard InChI is InChI=1S/C10H13N5/c1-4-5-11-10-14-9-8(12-6-13-9)7(2)15(10)3/h4,6H,1,5H2,2-3H3,(H,11,12,13,14). The molecule has 2 aromatic heterocycles. The van der Waals surface area contributed by atoms with Crippen LogP contribution in [-0.4, -0.2) is 26.1 Å². The second-order valence-corrected chi connectivity index (χ2v) is 3.29. The van der Waals surface area contributed by atoms with E-state index in [-0.39, 0.29) is 0 Å². The number of nitrogens with zero attached hydrogens (tertiary/aromatic N) is 4. The van der Waals surface area contributed by atoms with E-state index in [9.17, 15) is 0 Å². The first kappa shape index (κ1) is 9.64. The van der Waals surface area contributed by atoms with Gasteiger partial charge in [-0.2, -0.15) is 4.98 Å². The van der Waals surface area contributed by atoms with E-state index in [1.165, 1.54) is 0 Å². The molecule has 2 aromatic rings. The second-order valence-electron chi connectivity index (χ2n) is 3.29. The fraction of sp³-hybridized carbons (Fsp3) is 0.300. The lowest BCUT2D eigenvalue weighted by molar-refractivity contribution is 0.751. The largest absolute Gasteiger partial charge is 0.342 e. The lowest BCUT2D eigenvalue weighted by Gasteiger charge is -2.04. The van der Waals surface area contributed by atoms with Crippen LogP contribution < -0.4 is 5.62 Å². The molecule has 0 amide bonds. The van der Waals surface area contributed by atoms with Crippen molar-refractivity contribution >= 4 is 11.2 Å². The van der Waals surface area contributed by atoms with Gasteiger partial charge in [0.2, 0.25) is 5.62 Å². The molecule has 0 bridgehead atoms. The number of fused-ring (bicyclic) bond motifs is 1. The van der Waals surface area contributed by atoms with E-state index in [4.69, 9.17) is 0 Å². The first-order valence-corrected chi connectivity index (χ1v) is 4.72. The van der Waals surface area contributed by atoms with Crippen molar-refractivity contribution < 1.29 is 0 Å². The Morgan fingerprint density at radius 1 is 1.67 bits per heavy atom. The van der Waals surface area contributed by atoms with Gasteiger partial charge in [0.1, 0.15) is 5.52 Å². The molecule has 0 atom stereocenters. The third-order valence-corrected chi connectivity index (χ3v) is 2.35. The minimum absolute atomic E-state index is 0.566. The Bertz CT molecular complexity index is 561. The molecule has 0 radical (unpaired) electrons. The van der Waals surface area contributed by atoms with E-state index >= 15 is 0 Å². The van der Waals surface area contributed by atoms with Gasteiger partial charge in [0.05, 0.1) is 12.9 Å². The molecule has 0 aliphatic heterocycles. The Morgan fingerprint density at radius 2 is 2.47 bits per heavy atom. The number of imidazole rings is 1. The highest BCUT2D eigenvalue weighted by atomic mass is 15.1. The Labute approximate surface area is 87.2 Å². The average molecular weight is 203 g/mol. The van der Waals surface area contributed by atoms with Crippen LogP contribution in [0.3, 0.4) is 0 Å². The first-order chi connectivity index (χ1) is 7.24. The van der Waals surface area contributed by atoms with Crippen molar-refractivity contribution in [3.8, 4) is 0 Å². The van der Waals surface area contributed by atoms with Crippen LogP contribution in [0.4, 0.5) is 0 Å². The van der Waals surface area contributed by atoms with Gasteiger partial charge in [0.25, 0.3) is 0 Å². The normalized spacial score (nSPS) is 12.3. The summed E-state index contributed by atoms with van der Waals surface area (Å²) in [6.07, 6.45) is 3.38. The van der Waals surface area contributed by atoms with Gasteiger partial charge >= 0.3 is 0 Å². The number of aromatic nitrogens is 4. The zero-order chi connectivity index (χ0) is 10.8. The van der Waals surface area contributed by atoms with Gasteiger partial charge in [-0.3, -0.25) is 0 Å². The molecule has 0 spiro atoms. The lowest BCUT2D eigenvalue weighted by atomic mass is 10.4. The Hall–Kier alpha value is -1.91. The maximum atomic E-state index is 4.34. The summed E-state index contributed by atoms with van der Waals surface area (Å²) in [4.78, 5) is 15.8. The fourth-order valence-corrected chi connectivity index (χ4v) is 1.41. The van der Waals surface area contributed by atoms with Crippen molar-refractivity contribution in [2.75, 3.05) is 6.54 Å². The number of hydrogen-bond donors (Lipinski definition) is 1. The van der Waals surface area contributed by atoms with Crippen LogP contribution >= 0.6 is 0 Å². The van der Waals surface area contributed by atoms with Crippen LogP contribution in [0, 0.1) is 6.92 Å². The summed E-state index contributed by atoms with van der Waals surface area (Å²) in [5.41, 5.74) is 3.40. The highest BCUT2D eigenvalue weighted by Gasteiger charge is 2.04. The smallest absolute Gasteiger partial charge is 0.227 e. The summed E-state index contributed by atoms with van der Waals surface area (Å²) in [5, 5.41) is 0. The first-order valence-electron chi connectivity index (χ1n) is 4.72. The zero-order valence-electron chi connectivity index (χ0n) is 8.86. The summed E-state index contributed by atoms with van der Waals surface area (Å²) >= 11 is 0. The summed E-state index contributed by atoms with van der Waals surface area (Å²) in [5.74, 6) is 0. The van der Waals surface area contributed by atoms with Crippen molar-refractivity contribution in [1.82, 2.24) is 19.5 Å². The van der Waals surface area contributed by atoms with E-state index in [1.807, 2.05) is 18.5 Å². The molecular formula is C10H13N5. The van der Waals surface area contributed by atoms with Crippen molar-refractivity contribution in [1.29, 1.82) is 0 Å². The van der Waals surface area contributed by atoms with Crippen molar-refractivity contribution in [2.24, 2.45) is 12.0 Å². The number of nitrogens with one attached hydrogen (secondary N) is 1. The molecule has 0 aliphatic carbocycles. The number of rotatable bonds is 2. The summed E-state index contributed by atoms with van der Waals surface area (Å²) in [6, 6.07) is 0. The molecule has 0 unspecified atom stereocenters.